The van der Waals surface area contributed by atoms with E-state index in [4.69, 9.17) is 4.74 Å². The van der Waals surface area contributed by atoms with E-state index in [0.717, 1.165) is 37.5 Å². The lowest BCUT2D eigenvalue weighted by atomic mass is 9.77. The molecule has 0 aromatic carbocycles. The van der Waals surface area contributed by atoms with Crippen LogP contribution in [0.1, 0.15) is 104 Å². The molecule has 0 spiro atoms. The van der Waals surface area contributed by atoms with Gasteiger partial charge in [0.05, 0.1) is 5.92 Å². The second-order valence-corrected chi connectivity index (χ2v) is 8.08. The SMILES string of the molecule is CCCCCC1CCC(CCC2CCC(CCC)CC2)C(=O)O1. The monoisotopic (exact) mass is 322 g/mol. The molecule has 0 aromatic rings. The minimum Gasteiger partial charge on any atom is -0.462 e. The van der Waals surface area contributed by atoms with Crippen molar-refractivity contribution in [3.8, 4) is 0 Å². The smallest absolute Gasteiger partial charge is 0.309 e. The minimum absolute atomic E-state index is 0.109. The highest BCUT2D eigenvalue weighted by Crippen LogP contribution is 2.36. The molecule has 1 saturated carbocycles. The zero-order chi connectivity index (χ0) is 16.5. The minimum atomic E-state index is 0.109. The fraction of sp³-hybridized carbons (Fsp3) is 0.952. The lowest BCUT2D eigenvalue weighted by molar-refractivity contribution is -0.161. The third-order valence-electron chi connectivity index (χ3n) is 6.17. The second kappa shape index (κ2) is 10.4. The van der Waals surface area contributed by atoms with E-state index < -0.39 is 0 Å². The van der Waals surface area contributed by atoms with Gasteiger partial charge in [0.1, 0.15) is 6.10 Å². The van der Waals surface area contributed by atoms with Gasteiger partial charge in [0.2, 0.25) is 0 Å². The molecule has 2 heteroatoms. The Kier molecular flexibility index (Phi) is 8.47. The highest BCUT2D eigenvalue weighted by Gasteiger charge is 2.30. The van der Waals surface area contributed by atoms with E-state index in [0.29, 0.717) is 0 Å². The molecule has 2 atom stereocenters. The average molecular weight is 323 g/mol. The van der Waals surface area contributed by atoms with Crippen molar-refractivity contribution in [1.82, 2.24) is 0 Å². The van der Waals surface area contributed by atoms with E-state index in [-0.39, 0.29) is 18.0 Å². The maximum Gasteiger partial charge on any atom is 0.309 e. The summed E-state index contributed by atoms with van der Waals surface area (Å²) in [5, 5.41) is 0. The fourth-order valence-electron chi connectivity index (χ4n) is 4.57. The molecule has 0 aromatic heterocycles. The number of hydrogen-bond acceptors (Lipinski definition) is 2. The number of cyclic esters (lactones) is 1. The van der Waals surface area contributed by atoms with Crippen LogP contribution in [0.15, 0.2) is 0 Å². The maximum atomic E-state index is 12.2. The molecule has 0 bridgehead atoms. The zero-order valence-electron chi connectivity index (χ0n) is 15.5. The molecule has 2 nitrogen and oxygen atoms in total. The molecule has 2 aliphatic rings. The largest absolute Gasteiger partial charge is 0.462 e. The van der Waals surface area contributed by atoms with Crippen LogP contribution in [0.5, 0.6) is 0 Å². The van der Waals surface area contributed by atoms with Crippen LogP contribution in [0, 0.1) is 17.8 Å². The predicted molar refractivity (Wildman–Crippen MR) is 96.3 cm³/mol. The van der Waals surface area contributed by atoms with Crippen LogP contribution in [0.25, 0.3) is 0 Å². The topological polar surface area (TPSA) is 26.3 Å². The molecule has 0 N–H and O–H groups in total. The summed E-state index contributed by atoms with van der Waals surface area (Å²) in [5.41, 5.74) is 0. The maximum absolute atomic E-state index is 12.2. The van der Waals surface area contributed by atoms with Gasteiger partial charge in [-0.25, -0.2) is 0 Å². The van der Waals surface area contributed by atoms with E-state index in [2.05, 4.69) is 13.8 Å². The van der Waals surface area contributed by atoms with Crippen molar-refractivity contribution < 1.29 is 9.53 Å². The first kappa shape index (κ1) is 18.8. The Balaban J connectivity index is 1.61. The molecular weight excluding hydrogens is 284 g/mol. The molecule has 2 rings (SSSR count). The van der Waals surface area contributed by atoms with Gasteiger partial charge in [-0.3, -0.25) is 4.79 Å². The first-order chi connectivity index (χ1) is 11.2. The highest BCUT2D eigenvalue weighted by atomic mass is 16.5. The average Bonchev–Trinajstić information content (AvgIpc) is 2.56. The van der Waals surface area contributed by atoms with Crippen molar-refractivity contribution in [3.05, 3.63) is 0 Å². The molecule has 0 radical (unpaired) electrons. The number of rotatable bonds is 9. The lowest BCUT2D eigenvalue weighted by Crippen LogP contribution is -2.31. The van der Waals surface area contributed by atoms with Gasteiger partial charge in [-0.15, -0.1) is 0 Å². The van der Waals surface area contributed by atoms with Gasteiger partial charge >= 0.3 is 5.97 Å². The van der Waals surface area contributed by atoms with Gasteiger partial charge < -0.3 is 4.74 Å². The molecule has 23 heavy (non-hydrogen) atoms. The summed E-state index contributed by atoms with van der Waals surface area (Å²) in [6.07, 6.45) is 17.9. The van der Waals surface area contributed by atoms with Gasteiger partial charge in [-0.2, -0.15) is 0 Å². The normalized spacial score (nSPS) is 31.8. The Bertz CT molecular complexity index is 331. The summed E-state index contributed by atoms with van der Waals surface area (Å²) in [6, 6.07) is 0. The number of hydrogen-bond donors (Lipinski definition) is 0. The van der Waals surface area contributed by atoms with E-state index in [1.807, 2.05) is 0 Å². The first-order valence-corrected chi connectivity index (χ1v) is 10.4. The van der Waals surface area contributed by atoms with Crippen LogP contribution in [-0.2, 0) is 9.53 Å². The van der Waals surface area contributed by atoms with Crippen molar-refractivity contribution >= 4 is 5.97 Å². The zero-order valence-corrected chi connectivity index (χ0v) is 15.5. The van der Waals surface area contributed by atoms with Gasteiger partial charge in [-0.05, 0) is 50.4 Å². The number of unbranched alkanes of at least 4 members (excludes halogenated alkanes) is 2. The second-order valence-electron chi connectivity index (χ2n) is 8.08. The summed E-state index contributed by atoms with van der Waals surface area (Å²) in [4.78, 5) is 12.2. The molecule has 134 valence electrons. The molecule has 0 amide bonds. The summed E-state index contributed by atoms with van der Waals surface area (Å²) in [7, 11) is 0. The van der Waals surface area contributed by atoms with Crippen molar-refractivity contribution in [2.24, 2.45) is 17.8 Å². The van der Waals surface area contributed by atoms with Gasteiger partial charge in [0.15, 0.2) is 0 Å². The Labute approximate surface area is 143 Å². The van der Waals surface area contributed by atoms with Gasteiger partial charge in [0, 0.05) is 0 Å². The molecule has 1 aliphatic heterocycles. The van der Waals surface area contributed by atoms with Crippen LogP contribution >= 0.6 is 0 Å². The number of esters is 1. The van der Waals surface area contributed by atoms with Crippen LogP contribution in [0.3, 0.4) is 0 Å². The Morgan fingerprint density at radius 1 is 0.783 bits per heavy atom. The third kappa shape index (κ3) is 6.47. The van der Waals surface area contributed by atoms with Crippen LogP contribution in [0.4, 0.5) is 0 Å². The lowest BCUT2D eigenvalue weighted by Gasteiger charge is -2.31. The number of ether oxygens (including phenoxy) is 1. The quantitative estimate of drug-likeness (QED) is 0.369. The predicted octanol–water partition coefficient (Wildman–Crippen LogP) is 6.28. The van der Waals surface area contributed by atoms with Gasteiger partial charge in [-0.1, -0.05) is 65.2 Å². The summed E-state index contributed by atoms with van der Waals surface area (Å²) in [6.45, 7) is 4.52. The van der Waals surface area contributed by atoms with E-state index in [1.165, 1.54) is 64.2 Å². The Morgan fingerprint density at radius 2 is 1.48 bits per heavy atom. The highest BCUT2D eigenvalue weighted by molar-refractivity contribution is 5.73. The van der Waals surface area contributed by atoms with Crippen LogP contribution in [0.2, 0.25) is 0 Å². The molecule has 1 aliphatic carbocycles. The van der Waals surface area contributed by atoms with E-state index in [1.54, 1.807) is 0 Å². The van der Waals surface area contributed by atoms with Crippen molar-refractivity contribution in [2.45, 2.75) is 110 Å². The standard InChI is InChI=1S/C21H38O2/c1-3-5-6-8-20-16-15-19(21(22)23-20)14-13-18-11-9-17(7-4-2)10-12-18/h17-20H,3-16H2,1-2H3. The molecule has 2 fully saturated rings. The van der Waals surface area contributed by atoms with E-state index >= 15 is 0 Å². The molecular formula is C21H38O2. The van der Waals surface area contributed by atoms with Gasteiger partial charge in [0.25, 0.3) is 0 Å². The van der Waals surface area contributed by atoms with Crippen molar-refractivity contribution in [2.75, 3.05) is 0 Å². The molecule has 1 heterocycles. The number of carbonyl (C=O) groups is 1. The first-order valence-electron chi connectivity index (χ1n) is 10.4. The van der Waals surface area contributed by atoms with Crippen molar-refractivity contribution in [1.29, 1.82) is 0 Å². The number of carbonyl (C=O) groups excluding carboxylic acids is 1. The van der Waals surface area contributed by atoms with Crippen LogP contribution in [-0.4, -0.2) is 12.1 Å². The van der Waals surface area contributed by atoms with E-state index in [9.17, 15) is 4.79 Å². The molecule has 2 unspecified atom stereocenters. The Morgan fingerprint density at radius 3 is 2.09 bits per heavy atom. The summed E-state index contributed by atoms with van der Waals surface area (Å²) in [5.74, 6) is 2.17. The third-order valence-corrected chi connectivity index (χ3v) is 6.17. The van der Waals surface area contributed by atoms with Crippen LogP contribution < -0.4 is 0 Å². The summed E-state index contributed by atoms with van der Waals surface area (Å²) < 4.78 is 5.70. The molecule has 1 saturated heterocycles. The fourth-order valence-corrected chi connectivity index (χ4v) is 4.57. The Hall–Kier alpha value is -0.530. The van der Waals surface area contributed by atoms with Crippen molar-refractivity contribution in [3.63, 3.8) is 0 Å². The summed E-state index contributed by atoms with van der Waals surface area (Å²) >= 11 is 0.